The van der Waals surface area contributed by atoms with Crippen molar-refractivity contribution in [3.63, 3.8) is 0 Å². The number of esters is 1. The molecule has 0 radical (unpaired) electrons. The second kappa shape index (κ2) is 17.5. The summed E-state index contributed by atoms with van der Waals surface area (Å²) in [6.45, 7) is 4.25. The molecule has 1 aromatic heterocycles. The number of carbonyl (C=O) groups excluding carboxylic acids is 1. The van der Waals surface area contributed by atoms with Crippen molar-refractivity contribution < 1.29 is 14.3 Å². The van der Waals surface area contributed by atoms with Gasteiger partial charge in [-0.2, -0.15) is 0 Å². The molecule has 0 bridgehead atoms. The van der Waals surface area contributed by atoms with Crippen molar-refractivity contribution in [3.8, 4) is 11.1 Å². The predicted octanol–water partition coefficient (Wildman–Crippen LogP) is 8.16. The van der Waals surface area contributed by atoms with Crippen LogP contribution in [0.1, 0.15) is 89.2 Å². The highest BCUT2D eigenvalue weighted by Crippen LogP contribution is 2.25. The van der Waals surface area contributed by atoms with Crippen molar-refractivity contribution in [2.24, 2.45) is 0 Å². The van der Waals surface area contributed by atoms with E-state index in [0.717, 1.165) is 58.1 Å². The number of imidazole rings is 1. The van der Waals surface area contributed by atoms with E-state index in [9.17, 15) is 4.79 Å². The molecule has 0 aliphatic carbocycles. The fraction of sp³-hybridized carbons (Fsp3) is 0.500. The van der Waals surface area contributed by atoms with Gasteiger partial charge in [0.2, 0.25) is 0 Å². The first-order valence-electron chi connectivity index (χ1n) is 14.1. The van der Waals surface area contributed by atoms with Crippen molar-refractivity contribution in [3.05, 3.63) is 78.9 Å². The van der Waals surface area contributed by atoms with Gasteiger partial charge in [0, 0.05) is 25.4 Å². The maximum absolute atomic E-state index is 11.9. The van der Waals surface area contributed by atoms with Crippen LogP contribution >= 0.6 is 0 Å². The van der Waals surface area contributed by atoms with E-state index < -0.39 is 0 Å². The van der Waals surface area contributed by atoms with E-state index in [1.807, 2.05) is 18.6 Å². The number of ether oxygens (including phenoxy) is 2. The molecule has 0 saturated carbocycles. The molecule has 0 spiro atoms. The van der Waals surface area contributed by atoms with Crippen LogP contribution < -0.4 is 0 Å². The van der Waals surface area contributed by atoms with Gasteiger partial charge < -0.3 is 14.0 Å². The summed E-state index contributed by atoms with van der Waals surface area (Å²) in [6, 6.07) is 19.1. The predicted molar refractivity (Wildman–Crippen MR) is 150 cm³/mol. The molecular weight excluding hydrogens is 460 g/mol. The number of rotatable bonds is 19. The van der Waals surface area contributed by atoms with Gasteiger partial charge in [0.1, 0.15) is 6.10 Å². The minimum atomic E-state index is -0.0422. The van der Waals surface area contributed by atoms with Crippen molar-refractivity contribution >= 4 is 5.97 Å². The zero-order chi connectivity index (χ0) is 26.0. The molecule has 0 aliphatic rings. The molecule has 1 atom stereocenters. The average molecular weight is 505 g/mol. The Morgan fingerprint density at radius 3 is 2.22 bits per heavy atom. The van der Waals surface area contributed by atoms with Gasteiger partial charge in [-0.25, -0.2) is 4.98 Å². The van der Waals surface area contributed by atoms with Crippen LogP contribution in [0.25, 0.3) is 11.1 Å². The Bertz CT molecular complexity index is 971. The smallest absolute Gasteiger partial charge is 0.305 e. The zero-order valence-electron chi connectivity index (χ0n) is 22.5. The highest BCUT2D eigenvalue weighted by Gasteiger charge is 2.13. The lowest BCUT2D eigenvalue weighted by atomic mass is 10.0. The molecule has 0 amide bonds. The third kappa shape index (κ3) is 11.3. The Kier molecular flexibility index (Phi) is 13.6. The third-order valence-electron chi connectivity index (χ3n) is 6.68. The largest absolute Gasteiger partial charge is 0.466 e. The molecule has 1 unspecified atom stereocenters. The van der Waals surface area contributed by atoms with Crippen LogP contribution in [0, 0.1) is 0 Å². The first-order valence-corrected chi connectivity index (χ1v) is 14.1. The number of carbonyl (C=O) groups is 1. The summed E-state index contributed by atoms with van der Waals surface area (Å²) in [5.41, 5.74) is 3.61. The molecule has 0 saturated heterocycles. The standard InChI is InChI=1S/C32H44N2O3/c1-2-3-4-7-14-25-37-32(35)17-12-6-5-8-13-24-36-31(26-34-23-22-33-27-34)30-20-18-29(19-21-30)28-15-10-9-11-16-28/h9-11,15-16,18-23,27,31H,2-8,12-14,17,24-26H2,1H3. The molecule has 3 aromatic rings. The zero-order valence-corrected chi connectivity index (χ0v) is 22.5. The van der Waals surface area contributed by atoms with Crippen LogP contribution in [-0.4, -0.2) is 28.7 Å². The van der Waals surface area contributed by atoms with E-state index in [2.05, 4.69) is 65.0 Å². The van der Waals surface area contributed by atoms with Crippen molar-refractivity contribution in [1.82, 2.24) is 9.55 Å². The van der Waals surface area contributed by atoms with E-state index in [-0.39, 0.29) is 12.1 Å². The molecule has 0 N–H and O–H groups in total. The van der Waals surface area contributed by atoms with Crippen LogP contribution in [0.2, 0.25) is 0 Å². The Hall–Kier alpha value is -2.92. The normalized spacial score (nSPS) is 11.9. The topological polar surface area (TPSA) is 53.4 Å². The van der Waals surface area contributed by atoms with E-state index in [1.165, 1.54) is 36.0 Å². The quantitative estimate of drug-likeness (QED) is 0.122. The third-order valence-corrected chi connectivity index (χ3v) is 6.68. The Labute approximate surface area is 223 Å². The van der Waals surface area contributed by atoms with Crippen LogP contribution in [0.3, 0.4) is 0 Å². The molecule has 1 heterocycles. The fourth-order valence-electron chi connectivity index (χ4n) is 4.45. The lowest BCUT2D eigenvalue weighted by Crippen LogP contribution is -2.13. The molecule has 200 valence electrons. The summed E-state index contributed by atoms with van der Waals surface area (Å²) in [6.07, 6.45) is 17.3. The number of aromatic nitrogens is 2. The number of benzene rings is 2. The van der Waals surface area contributed by atoms with E-state index in [0.29, 0.717) is 13.0 Å². The van der Waals surface area contributed by atoms with Gasteiger partial charge in [-0.15, -0.1) is 0 Å². The minimum absolute atomic E-state index is 0.0178. The summed E-state index contributed by atoms with van der Waals surface area (Å²) in [7, 11) is 0. The van der Waals surface area contributed by atoms with Gasteiger partial charge >= 0.3 is 5.97 Å². The second-order valence-corrected chi connectivity index (χ2v) is 9.76. The number of hydrogen-bond donors (Lipinski definition) is 0. The summed E-state index contributed by atoms with van der Waals surface area (Å²) in [5, 5.41) is 0. The molecule has 5 heteroatoms. The highest BCUT2D eigenvalue weighted by molar-refractivity contribution is 5.69. The lowest BCUT2D eigenvalue weighted by molar-refractivity contribution is -0.143. The van der Waals surface area contributed by atoms with E-state index in [4.69, 9.17) is 9.47 Å². The van der Waals surface area contributed by atoms with Crippen LogP contribution in [-0.2, 0) is 20.8 Å². The van der Waals surface area contributed by atoms with Crippen molar-refractivity contribution in [1.29, 1.82) is 0 Å². The van der Waals surface area contributed by atoms with Gasteiger partial charge in [0.25, 0.3) is 0 Å². The Balaban J connectivity index is 1.32. The second-order valence-electron chi connectivity index (χ2n) is 9.76. The van der Waals surface area contributed by atoms with E-state index >= 15 is 0 Å². The SMILES string of the molecule is CCCCCCCOC(=O)CCCCCCCOC(Cn1ccnc1)c1ccc(-c2ccccc2)cc1. The van der Waals surface area contributed by atoms with Gasteiger partial charge in [-0.05, 0) is 36.0 Å². The fourth-order valence-corrected chi connectivity index (χ4v) is 4.45. The number of hydrogen-bond acceptors (Lipinski definition) is 4. The molecule has 3 rings (SSSR count). The van der Waals surface area contributed by atoms with Crippen molar-refractivity contribution in [2.75, 3.05) is 13.2 Å². The Morgan fingerprint density at radius 1 is 0.811 bits per heavy atom. The summed E-state index contributed by atoms with van der Waals surface area (Å²) >= 11 is 0. The first kappa shape index (κ1) is 28.6. The summed E-state index contributed by atoms with van der Waals surface area (Å²) < 4.78 is 13.8. The van der Waals surface area contributed by atoms with E-state index in [1.54, 1.807) is 6.20 Å². The van der Waals surface area contributed by atoms with Gasteiger partial charge in [-0.1, -0.05) is 106 Å². The van der Waals surface area contributed by atoms with Gasteiger partial charge in [-0.3, -0.25) is 4.79 Å². The van der Waals surface area contributed by atoms with Crippen LogP contribution in [0.15, 0.2) is 73.3 Å². The van der Waals surface area contributed by atoms with Crippen LogP contribution in [0.5, 0.6) is 0 Å². The molecule has 0 fully saturated rings. The molecule has 37 heavy (non-hydrogen) atoms. The molecule has 5 nitrogen and oxygen atoms in total. The molecule has 0 aliphatic heterocycles. The van der Waals surface area contributed by atoms with Gasteiger partial charge in [0.15, 0.2) is 0 Å². The number of nitrogens with zero attached hydrogens (tertiary/aromatic N) is 2. The van der Waals surface area contributed by atoms with Crippen LogP contribution in [0.4, 0.5) is 0 Å². The highest BCUT2D eigenvalue weighted by atomic mass is 16.5. The maximum atomic E-state index is 11.9. The molecular formula is C32H44N2O3. The monoisotopic (exact) mass is 504 g/mol. The lowest BCUT2D eigenvalue weighted by Gasteiger charge is -2.19. The number of unbranched alkanes of at least 4 members (excludes halogenated alkanes) is 8. The summed E-state index contributed by atoms with van der Waals surface area (Å²) in [4.78, 5) is 16.0. The van der Waals surface area contributed by atoms with Gasteiger partial charge in [0.05, 0.1) is 19.5 Å². The average Bonchev–Trinajstić information content (AvgIpc) is 3.45. The summed E-state index contributed by atoms with van der Waals surface area (Å²) in [5.74, 6) is -0.0422. The Morgan fingerprint density at radius 2 is 1.49 bits per heavy atom. The minimum Gasteiger partial charge on any atom is -0.466 e. The first-order chi connectivity index (χ1) is 18.3. The maximum Gasteiger partial charge on any atom is 0.305 e. The van der Waals surface area contributed by atoms with Crippen molar-refractivity contribution in [2.45, 2.75) is 90.2 Å². The molecule has 2 aromatic carbocycles.